The third kappa shape index (κ3) is 7.64. The summed E-state index contributed by atoms with van der Waals surface area (Å²) < 4.78 is 25.6. The van der Waals surface area contributed by atoms with E-state index in [0.717, 1.165) is 31.4 Å². The van der Waals surface area contributed by atoms with Crippen molar-refractivity contribution in [2.45, 2.75) is 31.8 Å². The minimum Gasteiger partial charge on any atom is -0.491 e. The molecule has 0 saturated carbocycles. The SMILES string of the molecule is O=C1NCCOCCCCN(Cc2ccc(F)cc2)[C@@H](Cc2ccccc2)COc2ccccc21. The van der Waals surface area contributed by atoms with Crippen LogP contribution in [0.5, 0.6) is 5.75 Å². The van der Waals surface area contributed by atoms with Crippen LogP contribution in [0.15, 0.2) is 78.9 Å². The molecule has 1 amide bonds. The number of ether oxygens (including phenoxy) is 2. The molecule has 1 atom stereocenters. The summed E-state index contributed by atoms with van der Waals surface area (Å²) in [6.07, 6.45) is 2.69. The van der Waals surface area contributed by atoms with E-state index in [9.17, 15) is 9.18 Å². The van der Waals surface area contributed by atoms with E-state index in [4.69, 9.17) is 9.47 Å². The highest BCUT2D eigenvalue weighted by Crippen LogP contribution is 2.21. The summed E-state index contributed by atoms with van der Waals surface area (Å²) in [5.74, 6) is 0.171. The Morgan fingerprint density at radius 1 is 0.886 bits per heavy atom. The van der Waals surface area contributed by atoms with Gasteiger partial charge in [0.15, 0.2) is 0 Å². The van der Waals surface area contributed by atoms with Gasteiger partial charge in [0, 0.05) is 25.7 Å². The van der Waals surface area contributed by atoms with Crippen LogP contribution < -0.4 is 10.1 Å². The summed E-state index contributed by atoms with van der Waals surface area (Å²) in [5.41, 5.74) is 2.79. The number of rotatable bonds is 4. The van der Waals surface area contributed by atoms with Crippen molar-refractivity contribution in [2.24, 2.45) is 0 Å². The minimum atomic E-state index is -0.234. The van der Waals surface area contributed by atoms with Crippen LogP contribution in [0.2, 0.25) is 0 Å². The molecule has 0 aromatic heterocycles. The Bertz CT molecular complexity index is 1060. The van der Waals surface area contributed by atoms with Crippen LogP contribution in [0.1, 0.15) is 34.3 Å². The van der Waals surface area contributed by atoms with E-state index in [1.165, 1.54) is 17.7 Å². The second-order valence-corrected chi connectivity index (χ2v) is 8.82. The number of amides is 1. The van der Waals surface area contributed by atoms with Crippen LogP contribution in [0.25, 0.3) is 0 Å². The number of hydrogen-bond acceptors (Lipinski definition) is 4. The molecule has 0 radical (unpaired) electrons. The molecular weight excluding hydrogens is 443 g/mol. The number of para-hydroxylation sites is 1. The Balaban J connectivity index is 1.61. The van der Waals surface area contributed by atoms with Gasteiger partial charge in [-0.15, -0.1) is 0 Å². The molecule has 1 aliphatic heterocycles. The maximum Gasteiger partial charge on any atom is 0.255 e. The lowest BCUT2D eigenvalue weighted by Gasteiger charge is -2.32. The topological polar surface area (TPSA) is 50.8 Å². The summed E-state index contributed by atoms with van der Waals surface area (Å²) in [6, 6.07) is 24.5. The van der Waals surface area contributed by atoms with Crippen molar-refractivity contribution in [3.8, 4) is 5.75 Å². The first-order valence-electron chi connectivity index (χ1n) is 12.3. The first-order chi connectivity index (χ1) is 17.2. The average Bonchev–Trinajstić information content (AvgIpc) is 2.89. The summed E-state index contributed by atoms with van der Waals surface area (Å²) in [5, 5.41) is 2.92. The van der Waals surface area contributed by atoms with E-state index in [1.54, 1.807) is 6.07 Å². The Kier molecular flexibility index (Phi) is 9.26. The van der Waals surface area contributed by atoms with Crippen molar-refractivity contribution >= 4 is 5.91 Å². The molecular formula is C29H33FN2O3. The maximum absolute atomic E-state index is 13.5. The number of hydrogen-bond donors (Lipinski definition) is 1. The molecule has 35 heavy (non-hydrogen) atoms. The molecule has 0 aliphatic carbocycles. The van der Waals surface area contributed by atoms with E-state index >= 15 is 0 Å². The standard InChI is InChI=1S/C29H33FN2O3/c30-25-14-12-24(13-15-25)21-32-17-6-7-18-34-19-16-31-29(33)27-10-4-5-11-28(27)35-22-26(32)20-23-8-2-1-3-9-23/h1-5,8-15,26H,6-7,16-22H2,(H,31,33)/t26-/m0/s1. The second-order valence-electron chi connectivity index (χ2n) is 8.82. The number of nitrogens with one attached hydrogen (secondary N) is 1. The summed E-state index contributed by atoms with van der Waals surface area (Å²) >= 11 is 0. The van der Waals surface area contributed by atoms with Gasteiger partial charge < -0.3 is 14.8 Å². The average molecular weight is 477 g/mol. The van der Waals surface area contributed by atoms with Gasteiger partial charge in [-0.3, -0.25) is 9.69 Å². The molecule has 0 spiro atoms. The largest absolute Gasteiger partial charge is 0.491 e. The quantitative estimate of drug-likeness (QED) is 0.585. The van der Waals surface area contributed by atoms with Crippen LogP contribution in [0.3, 0.4) is 0 Å². The highest BCUT2D eigenvalue weighted by molar-refractivity contribution is 5.96. The Morgan fingerprint density at radius 2 is 1.66 bits per heavy atom. The van der Waals surface area contributed by atoms with Crippen LogP contribution >= 0.6 is 0 Å². The molecule has 0 fully saturated rings. The molecule has 3 aromatic carbocycles. The molecule has 0 bridgehead atoms. The Labute approximate surface area is 206 Å². The fourth-order valence-electron chi connectivity index (χ4n) is 4.31. The van der Waals surface area contributed by atoms with Crippen molar-refractivity contribution in [3.63, 3.8) is 0 Å². The van der Waals surface area contributed by atoms with Gasteiger partial charge in [-0.05, 0) is 61.2 Å². The van der Waals surface area contributed by atoms with Crippen LogP contribution in [-0.4, -0.2) is 49.8 Å². The number of halogens is 1. The third-order valence-corrected chi connectivity index (χ3v) is 6.21. The molecule has 3 aromatic rings. The normalized spacial score (nSPS) is 18.4. The lowest BCUT2D eigenvalue weighted by molar-refractivity contribution is 0.0908. The number of carbonyl (C=O) groups excluding carboxylic acids is 1. The zero-order valence-electron chi connectivity index (χ0n) is 20.0. The van der Waals surface area contributed by atoms with Gasteiger partial charge in [0.1, 0.15) is 18.2 Å². The summed E-state index contributed by atoms with van der Waals surface area (Å²) in [6.45, 7) is 3.56. The molecule has 1 heterocycles. The molecule has 5 nitrogen and oxygen atoms in total. The molecule has 1 aliphatic rings. The predicted molar refractivity (Wildman–Crippen MR) is 135 cm³/mol. The van der Waals surface area contributed by atoms with Gasteiger partial charge in [-0.25, -0.2) is 4.39 Å². The first-order valence-corrected chi connectivity index (χ1v) is 12.3. The number of nitrogens with zero attached hydrogens (tertiary/aromatic N) is 1. The molecule has 4 rings (SSSR count). The second kappa shape index (κ2) is 13.0. The number of benzene rings is 3. The summed E-state index contributed by atoms with van der Waals surface area (Å²) in [4.78, 5) is 15.2. The fraction of sp³-hybridized carbons (Fsp3) is 0.345. The van der Waals surface area contributed by atoms with Crippen molar-refractivity contribution in [3.05, 3.63) is 101 Å². The maximum atomic E-state index is 13.5. The minimum absolute atomic E-state index is 0.0598. The van der Waals surface area contributed by atoms with Crippen LogP contribution in [0, 0.1) is 5.82 Å². The molecule has 0 unspecified atom stereocenters. The molecule has 0 saturated heterocycles. The van der Waals surface area contributed by atoms with E-state index in [0.29, 0.717) is 44.2 Å². The van der Waals surface area contributed by atoms with E-state index < -0.39 is 0 Å². The van der Waals surface area contributed by atoms with Gasteiger partial charge in [0.2, 0.25) is 0 Å². The van der Waals surface area contributed by atoms with E-state index in [1.807, 2.05) is 48.5 Å². The van der Waals surface area contributed by atoms with Crippen LogP contribution in [-0.2, 0) is 17.7 Å². The van der Waals surface area contributed by atoms with E-state index in [-0.39, 0.29) is 17.8 Å². The van der Waals surface area contributed by atoms with Crippen molar-refractivity contribution in [1.29, 1.82) is 0 Å². The van der Waals surface area contributed by atoms with Crippen molar-refractivity contribution in [1.82, 2.24) is 10.2 Å². The van der Waals surface area contributed by atoms with Gasteiger partial charge in [-0.2, -0.15) is 0 Å². The highest BCUT2D eigenvalue weighted by Gasteiger charge is 2.22. The van der Waals surface area contributed by atoms with Gasteiger partial charge in [0.25, 0.3) is 5.91 Å². The number of fused-ring (bicyclic) bond motifs is 1. The fourth-order valence-corrected chi connectivity index (χ4v) is 4.31. The first kappa shape index (κ1) is 24.9. The highest BCUT2D eigenvalue weighted by atomic mass is 19.1. The molecule has 6 heteroatoms. The molecule has 1 N–H and O–H groups in total. The Hall–Kier alpha value is -3.22. The smallest absolute Gasteiger partial charge is 0.255 e. The summed E-state index contributed by atoms with van der Waals surface area (Å²) in [7, 11) is 0. The van der Waals surface area contributed by atoms with Crippen molar-refractivity contribution in [2.75, 3.05) is 32.9 Å². The lowest BCUT2D eigenvalue weighted by Crippen LogP contribution is -2.41. The number of carbonyl (C=O) groups is 1. The van der Waals surface area contributed by atoms with E-state index in [2.05, 4.69) is 22.3 Å². The van der Waals surface area contributed by atoms with Gasteiger partial charge >= 0.3 is 0 Å². The predicted octanol–water partition coefficient (Wildman–Crippen LogP) is 4.86. The third-order valence-electron chi connectivity index (χ3n) is 6.21. The lowest BCUT2D eigenvalue weighted by atomic mass is 10.0. The monoisotopic (exact) mass is 476 g/mol. The zero-order valence-corrected chi connectivity index (χ0v) is 20.0. The van der Waals surface area contributed by atoms with Crippen molar-refractivity contribution < 1.29 is 18.7 Å². The van der Waals surface area contributed by atoms with Crippen LogP contribution in [0.4, 0.5) is 4.39 Å². The Morgan fingerprint density at radius 3 is 2.49 bits per heavy atom. The van der Waals surface area contributed by atoms with Gasteiger partial charge in [-0.1, -0.05) is 54.6 Å². The zero-order chi connectivity index (χ0) is 24.3. The molecule has 184 valence electrons. The van der Waals surface area contributed by atoms with Gasteiger partial charge in [0.05, 0.1) is 12.2 Å².